The van der Waals surface area contributed by atoms with Gasteiger partial charge in [0.1, 0.15) is 5.82 Å². The molecule has 8 heteroatoms. The molecule has 3 aromatic rings. The van der Waals surface area contributed by atoms with Crippen molar-refractivity contribution in [3.8, 4) is 17.5 Å². The summed E-state index contributed by atoms with van der Waals surface area (Å²) in [6.07, 6.45) is 0. The molecule has 0 atom stereocenters. The number of piperazine rings is 1. The van der Waals surface area contributed by atoms with Crippen LogP contribution in [0.25, 0.3) is 11.4 Å². The number of halogens is 2. The highest BCUT2D eigenvalue weighted by Crippen LogP contribution is 2.20. The minimum Gasteiger partial charge on any atom is -0.338 e. The van der Waals surface area contributed by atoms with Crippen LogP contribution in [0.15, 0.2) is 47.0 Å². The van der Waals surface area contributed by atoms with Gasteiger partial charge in [0.05, 0.1) is 18.2 Å². The maximum absolute atomic E-state index is 14.1. The maximum atomic E-state index is 14.1. The molecule has 0 bridgehead atoms. The molecule has 0 amide bonds. The predicted molar refractivity (Wildman–Crippen MR) is 106 cm³/mol. The summed E-state index contributed by atoms with van der Waals surface area (Å²) in [6.45, 7) is 4.41. The van der Waals surface area contributed by atoms with Gasteiger partial charge in [-0.2, -0.15) is 10.2 Å². The molecule has 1 fully saturated rings. The number of hydrogen-bond donors (Lipinski definition) is 0. The smallest absolute Gasteiger partial charge is 0.241 e. The highest BCUT2D eigenvalue weighted by atomic mass is 35.5. The van der Waals surface area contributed by atoms with Gasteiger partial charge in [-0.3, -0.25) is 9.80 Å². The predicted octanol–water partition coefficient (Wildman–Crippen LogP) is 3.72. The molecule has 1 aliphatic heterocycles. The van der Waals surface area contributed by atoms with Gasteiger partial charge < -0.3 is 4.52 Å². The lowest BCUT2D eigenvalue weighted by Crippen LogP contribution is -2.45. The first-order chi connectivity index (χ1) is 14.1. The lowest BCUT2D eigenvalue weighted by Gasteiger charge is -2.33. The van der Waals surface area contributed by atoms with Crippen LogP contribution in [0.5, 0.6) is 0 Å². The third-order valence-electron chi connectivity index (χ3n) is 4.97. The summed E-state index contributed by atoms with van der Waals surface area (Å²) in [5.74, 6) is 0.792. The van der Waals surface area contributed by atoms with E-state index in [0.29, 0.717) is 41.0 Å². The van der Waals surface area contributed by atoms with Crippen LogP contribution >= 0.6 is 11.6 Å². The molecule has 0 aliphatic carbocycles. The lowest BCUT2D eigenvalue weighted by atomic mass is 10.1. The van der Waals surface area contributed by atoms with Crippen molar-refractivity contribution in [2.24, 2.45) is 0 Å². The summed E-state index contributed by atoms with van der Waals surface area (Å²) < 4.78 is 19.5. The molecule has 6 nitrogen and oxygen atoms in total. The summed E-state index contributed by atoms with van der Waals surface area (Å²) >= 11 is 5.91. The van der Waals surface area contributed by atoms with E-state index < -0.39 is 0 Å². The van der Waals surface area contributed by atoms with Crippen molar-refractivity contribution < 1.29 is 8.91 Å². The van der Waals surface area contributed by atoms with Crippen LogP contribution in [0.4, 0.5) is 4.39 Å². The number of rotatable bonds is 5. The second-order valence-electron chi connectivity index (χ2n) is 6.99. The third-order valence-corrected chi connectivity index (χ3v) is 5.22. The lowest BCUT2D eigenvalue weighted by molar-refractivity contribution is 0.111. The van der Waals surface area contributed by atoms with E-state index in [9.17, 15) is 4.39 Å². The van der Waals surface area contributed by atoms with Gasteiger partial charge in [-0.25, -0.2) is 4.39 Å². The largest absolute Gasteiger partial charge is 0.338 e. The average molecular weight is 412 g/mol. The summed E-state index contributed by atoms with van der Waals surface area (Å²) in [5.41, 5.74) is 1.81. The van der Waals surface area contributed by atoms with Crippen LogP contribution in [0.3, 0.4) is 0 Å². The summed E-state index contributed by atoms with van der Waals surface area (Å²) in [6, 6.07) is 13.9. The average Bonchev–Trinajstić information content (AvgIpc) is 3.20. The molecule has 0 spiro atoms. The molecule has 148 valence electrons. The molecule has 29 heavy (non-hydrogen) atoms. The van der Waals surface area contributed by atoms with Crippen molar-refractivity contribution in [3.05, 3.63) is 70.3 Å². The first-order valence-corrected chi connectivity index (χ1v) is 9.70. The quantitative estimate of drug-likeness (QED) is 0.637. The molecule has 4 rings (SSSR count). The Bertz CT molecular complexity index is 1020. The van der Waals surface area contributed by atoms with E-state index in [1.54, 1.807) is 24.3 Å². The van der Waals surface area contributed by atoms with Gasteiger partial charge in [-0.15, -0.1) is 0 Å². The van der Waals surface area contributed by atoms with Crippen LogP contribution in [-0.2, 0) is 13.1 Å². The van der Waals surface area contributed by atoms with E-state index in [4.69, 9.17) is 21.4 Å². The summed E-state index contributed by atoms with van der Waals surface area (Å²) in [5, 5.41) is 13.6. The third kappa shape index (κ3) is 4.80. The Labute approximate surface area is 173 Å². The van der Waals surface area contributed by atoms with E-state index in [-0.39, 0.29) is 5.82 Å². The zero-order valence-corrected chi connectivity index (χ0v) is 16.4. The molecular formula is C21H19ClFN5O. The highest BCUT2D eigenvalue weighted by Gasteiger charge is 2.20. The standard InChI is InChI=1S/C21H19ClFN5O/c22-18-5-3-16(4-6-18)21-25-20(29-26-21)14-28-9-7-27(8-10-28)13-17-2-1-15(12-24)11-19(17)23/h1-6,11H,7-10,13-14H2. The maximum Gasteiger partial charge on any atom is 0.241 e. The molecule has 2 heterocycles. The molecule has 1 aliphatic rings. The zero-order chi connectivity index (χ0) is 20.2. The van der Waals surface area contributed by atoms with Gasteiger partial charge in [-0.05, 0) is 36.4 Å². The fourth-order valence-electron chi connectivity index (χ4n) is 3.32. The molecule has 0 saturated carbocycles. The Hall–Kier alpha value is -2.79. The molecule has 1 aromatic heterocycles. The second kappa shape index (κ2) is 8.70. The molecule has 2 aromatic carbocycles. The van der Waals surface area contributed by atoms with Crippen LogP contribution in [-0.4, -0.2) is 46.1 Å². The van der Waals surface area contributed by atoms with Crippen molar-refractivity contribution >= 4 is 11.6 Å². The Morgan fingerprint density at radius 1 is 1.03 bits per heavy atom. The summed E-state index contributed by atoms with van der Waals surface area (Å²) in [4.78, 5) is 8.91. The summed E-state index contributed by atoms with van der Waals surface area (Å²) in [7, 11) is 0. The van der Waals surface area contributed by atoms with Crippen molar-refractivity contribution in [2.45, 2.75) is 13.1 Å². The normalized spacial score (nSPS) is 15.3. The second-order valence-corrected chi connectivity index (χ2v) is 7.43. The van der Waals surface area contributed by atoms with Crippen LogP contribution in [0.1, 0.15) is 17.0 Å². The number of hydrogen-bond acceptors (Lipinski definition) is 6. The Balaban J connectivity index is 1.30. The van der Waals surface area contributed by atoms with Crippen molar-refractivity contribution in [1.29, 1.82) is 5.26 Å². The number of nitriles is 1. The van der Waals surface area contributed by atoms with Gasteiger partial charge in [0.2, 0.25) is 11.7 Å². The topological polar surface area (TPSA) is 69.2 Å². The van der Waals surface area contributed by atoms with Gasteiger partial charge in [0.15, 0.2) is 0 Å². The number of benzene rings is 2. The molecular weight excluding hydrogens is 393 g/mol. The molecule has 0 N–H and O–H groups in total. The van der Waals surface area contributed by atoms with E-state index in [1.165, 1.54) is 6.07 Å². The van der Waals surface area contributed by atoms with E-state index >= 15 is 0 Å². The van der Waals surface area contributed by atoms with E-state index in [0.717, 1.165) is 31.7 Å². The van der Waals surface area contributed by atoms with Crippen LogP contribution in [0, 0.1) is 17.1 Å². The van der Waals surface area contributed by atoms with Crippen LogP contribution in [0.2, 0.25) is 5.02 Å². The fraction of sp³-hybridized carbons (Fsp3) is 0.286. The van der Waals surface area contributed by atoms with Crippen molar-refractivity contribution in [1.82, 2.24) is 19.9 Å². The Kier molecular flexibility index (Phi) is 5.86. The Morgan fingerprint density at radius 3 is 2.38 bits per heavy atom. The minimum absolute atomic E-state index is 0.327. The van der Waals surface area contributed by atoms with E-state index in [2.05, 4.69) is 19.9 Å². The van der Waals surface area contributed by atoms with Gasteiger partial charge in [0.25, 0.3) is 0 Å². The number of aromatic nitrogens is 2. The number of nitrogens with zero attached hydrogens (tertiary/aromatic N) is 5. The minimum atomic E-state index is -0.327. The first kappa shape index (κ1) is 19.5. The van der Waals surface area contributed by atoms with Crippen LogP contribution < -0.4 is 0 Å². The van der Waals surface area contributed by atoms with Gasteiger partial charge >= 0.3 is 0 Å². The highest BCUT2D eigenvalue weighted by molar-refractivity contribution is 6.30. The molecule has 0 unspecified atom stereocenters. The monoisotopic (exact) mass is 411 g/mol. The van der Waals surface area contributed by atoms with E-state index in [1.807, 2.05) is 18.2 Å². The zero-order valence-electron chi connectivity index (χ0n) is 15.7. The van der Waals surface area contributed by atoms with Gasteiger partial charge in [0, 0.05) is 48.9 Å². The SMILES string of the molecule is N#Cc1ccc(CN2CCN(Cc3nc(-c4ccc(Cl)cc4)no3)CC2)c(F)c1. The molecule has 1 saturated heterocycles. The first-order valence-electron chi connectivity index (χ1n) is 9.32. The molecule has 0 radical (unpaired) electrons. The van der Waals surface area contributed by atoms with Crippen molar-refractivity contribution in [2.75, 3.05) is 26.2 Å². The van der Waals surface area contributed by atoms with Gasteiger partial charge in [-0.1, -0.05) is 22.8 Å². The fourth-order valence-corrected chi connectivity index (χ4v) is 3.44. The van der Waals surface area contributed by atoms with Crippen molar-refractivity contribution in [3.63, 3.8) is 0 Å². The Morgan fingerprint density at radius 2 is 1.72 bits per heavy atom.